The molecule has 0 aliphatic carbocycles. The van der Waals surface area contributed by atoms with Gasteiger partial charge in [0.1, 0.15) is 0 Å². The summed E-state index contributed by atoms with van der Waals surface area (Å²) < 4.78 is 8.72. The third-order valence-corrected chi connectivity index (χ3v) is 6.98. The lowest BCUT2D eigenvalue weighted by Crippen LogP contribution is -2.43. The van der Waals surface area contributed by atoms with Gasteiger partial charge in [0.15, 0.2) is 5.82 Å². The van der Waals surface area contributed by atoms with Crippen molar-refractivity contribution in [2.75, 3.05) is 18.0 Å². The molecular formula is C23H24ClN5O. The number of rotatable bonds is 1. The second kappa shape index (κ2) is 6.80. The van der Waals surface area contributed by atoms with Gasteiger partial charge < -0.3 is 15.0 Å². The van der Waals surface area contributed by atoms with Crippen molar-refractivity contribution < 1.29 is 4.74 Å². The van der Waals surface area contributed by atoms with E-state index in [1.807, 2.05) is 12.1 Å². The van der Waals surface area contributed by atoms with Crippen LogP contribution in [0.2, 0.25) is 5.02 Å². The second-order valence-corrected chi connectivity index (χ2v) is 8.89. The Bertz CT molecular complexity index is 1120. The van der Waals surface area contributed by atoms with Crippen LogP contribution in [0.4, 0.5) is 5.95 Å². The molecule has 0 radical (unpaired) electrons. The number of hydrogen-bond acceptors (Lipinski definition) is 5. The van der Waals surface area contributed by atoms with Gasteiger partial charge in [-0.1, -0.05) is 35.9 Å². The summed E-state index contributed by atoms with van der Waals surface area (Å²) in [6.07, 6.45) is 2.05. The van der Waals surface area contributed by atoms with Crippen molar-refractivity contribution in [2.45, 2.75) is 44.6 Å². The molecule has 2 aromatic carbocycles. The molecule has 7 heteroatoms. The molecule has 3 aliphatic rings. The van der Waals surface area contributed by atoms with Crippen molar-refractivity contribution in [3.8, 4) is 5.69 Å². The zero-order valence-electron chi connectivity index (χ0n) is 16.9. The van der Waals surface area contributed by atoms with Crippen molar-refractivity contribution in [3.63, 3.8) is 0 Å². The summed E-state index contributed by atoms with van der Waals surface area (Å²) in [6, 6.07) is 14.7. The Labute approximate surface area is 180 Å². The monoisotopic (exact) mass is 421 g/mol. The zero-order chi connectivity index (χ0) is 20.3. The summed E-state index contributed by atoms with van der Waals surface area (Å²) in [7, 11) is 0. The quantitative estimate of drug-likeness (QED) is 0.640. The van der Waals surface area contributed by atoms with Gasteiger partial charge in [0.2, 0.25) is 5.95 Å². The minimum absolute atomic E-state index is 0.153. The SMILES string of the molecule is CC1OC2(CCN(c3nnc4n3-c3ccc(Cl)cc3CNC4)CC2)c2ccccc21. The number of benzene rings is 2. The van der Waals surface area contributed by atoms with Crippen molar-refractivity contribution in [1.82, 2.24) is 20.1 Å². The molecule has 154 valence electrons. The Morgan fingerprint density at radius 2 is 1.93 bits per heavy atom. The van der Waals surface area contributed by atoms with Gasteiger partial charge >= 0.3 is 0 Å². The first kappa shape index (κ1) is 18.4. The molecule has 1 N–H and O–H groups in total. The molecule has 1 spiro atoms. The number of aromatic nitrogens is 3. The van der Waals surface area contributed by atoms with Crippen LogP contribution in [0.3, 0.4) is 0 Å². The molecule has 0 saturated carbocycles. The Morgan fingerprint density at radius 3 is 2.80 bits per heavy atom. The number of halogens is 1. The first-order valence-corrected chi connectivity index (χ1v) is 11.0. The maximum atomic E-state index is 6.53. The van der Waals surface area contributed by atoms with Gasteiger partial charge in [0.25, 0.3) is 0 Å². The maximum absolute atomic E-state index is 6.53. The van der Waals surface area contributed by atoms with Gasteiger partial charge in [0.05, 0.1) is 23.9 Å². The Kier molecular flexibility index (Phi) is 4.17. The van der Waals surface area contributed by atoms with Gasteiger partial charge in [-0.05, 0) is 54.7 Å². The Balaban J connectivity index is 1.33. The van der Waals surface area contributed by atoms with E-state index in [2.05, 4.69) is 62.2 Å². The topological polar surface area (TPSA) is 55.2 Å². The van der Waals surface area contributed by atoms with Crippen LogP contribution < -0.4 is 10.2 Å². The fraction of sp³-hybridized carbons (Fsp3) is 0.391. The van der Waals surface area contributed by atoms with E-state index in [0.717, 1.165) is 60.5 Å². The molecular weight excluding hydrogens is 398 g/mol. The molecule has 3 aromatic rings. The van der Waals surface area contributed by atoms with E-state index in [1.165, 1.54) is 11.1 Å². The average molecular weight is 422 g/mol. The van der Waals surface area contributed by atoms with Gasteiger partial charge in [-0.25, -0.2) is 0 Å². The van der Waals surface area contributed by atoms with E-state index in [9.17, 15) is 0 Å². The lowest BCUT2D eigenvalue weighted by Gasteiger charge is -2.40. The van der Waals surface area contributed by atoms with Crippen LogP contribution in [0.1, 0.15) is 48.4 Å². The van der Waals surface area contributed by atoms with E-state index in [1.54, 1.807) is 0 Å². The van der Waals surface area contributed by atoms with Crippen molar-refractivity contribution in [1.29, 1.82) is 0 Å². The van der Waals surface area contributed by atoms with Crippen LogP contribution in [0.5, 0.6) is 0 Å². The largest absolute Gasteiger partial charge is 0.363 e. The van der Waals surface area contributed by atoms with E-state index in [0.29, 0.717) is 6.54 Å². The minimum atomic E-state index is -0.179. The molecule has 1 fully saturated rings. The van der Waals surface area contributed by atoms with Crippen molar-refractivity contribution in [2.24, 2.45) is 0 Å². The highest BCUT2D eigenvalue weighted by Crippen LogP contribution is 2.49. The van der Waals surface area contributed by atoms with Crippen LogP contribution in [-0.2, 0) is 23.4 Å². The third kappa shape index (κ3) is 2.71. The molecule has 0 amide bonds. The summed E-state index contributed by atoms with van der Waals surface area (Å²) in [6.45, 7) is 5.38. The maximum Gasteiger partial charge on any atom is 0.231 e. The number of nitrogens with zero attached hydrogens (tertiary/aromatic N) is 4. The number of ether oxygens (including phenoxy) is 1. The van der Waals surface area contributed by atoms with E-state index in [-0.39, 0.29) is 11.7 Å². The zero-order valence-corrected chi connectivity index (χ0v) is 17.7. The molecule has 6 nitrogen and oxygen atoms in total. The van der Waals surface area contributed by atoms with E-state index >= 15 is 0 Å². The number of piperidine rings is 1. The van der Waals surface area contributed by atoms with Crippen LogP contribution >= 0.6 is 11.6 Å². The fourth-order valence-electron chi connectivity index (χ4n) is 5.28. The highest BCUT2D eigenvalue weighted by atomic mass is 35.5. The number of nitrogens with one attached hydrogen (secondary N) is 1. The minimum Gasteiger partial charge on any atom is -0.363 e. The van der Waals surface area contributed by atoms with Crippen molar-refractivity contribution in [3.05, 3.63) is 70.0 Å². The molecule has 1 atom stereocenters. The summed E-state index contributed by atoms with van der Waals surface area (Å²) in [4.78, 5) is 2.35. The summed E-state index contributed by atoms with van der Waals surface area (Å²) in [5.74, 6) is 1.84. The first-order valence-electron chi connectivity index (χ1n) is 10.6. The number of fused-ring (bicyclic) bond motifs is 5. The second-order valence-electron chi connectivity index (χ2n) is 8.46. The number of hydrogen-bond donors (Lipinski definition) is 1. The number of anilines is 1. The molecule has 3 aliphatic heterocycles. The molecule has 1 unspecified atom stereocenters. The molecule has 1 aromatic heterocycles. The molecule has 30 heavy (non-hydrogen) atoms. The van der Waals surface area contributed by atoms with Crippen LogP contribution in [0.25, 0.3) is 5.69 Å². The predicted molar refractivity (Wildman–Crippen MR) is 116 cm³/mol. The standard InChI is InChI=1S/C23H24ClN5O/c1-15-18-4-2-3-5-19(18)23(30-15)8-10-28(11-9-23)22-27-26-21-14-25-13-16-12-17(24)6-7-20(16)29(21)22/h2-7,12,15,25H,8-11,13-14H2,1H3. The molecule has 1 saturated heterocycles. The lowest BCUT2D eigenvalue weighted by atomic mass is 9.83. The highest BCUT2D eigenvalue weighted by Gasteiger charge is 2.45. The molecule has 6 rings (SSSR count). The van der Waals surface area contributed by atoms with Crippen LogP contribution in [-0.4, -0.2) is 27.9 Å². The molecule has 4 heterocycles. The van der Waals surface area contributed by atoms with Gasteiger partial charge in [-0.2, -0.15) is 0 Å². The van der Waals surface area contributed by atoms with E-state index in [4.69, 9.17) is 16.3 Å². The summed E-state index contributed by atoms with van der Waals surface area (Å²) in [5.41, 5.74) is 4.79. The molecule has 0 bridgehead atoms. The Morgan fingerprint density at radius 1 is 1.10 bits per heavy atom. The summed E-state index contributed by atoms with van der Waals surface area (Å²) >= 11 is 6.25. The highest BCUT2D eigenvalue weighted by molar-refractivity contribution is 6.30. The van der Waals surface area contributed by atoms with Gasteiger partial charge in [-0.3, -0.25) is 4.57 Å². The van der Waals surface area contributed by atoms with Gasteiger partial charge in [0, 0.05) is 24.7 Å². The normalized spacial score (nSPS) is 21.8. The van der Waals surface area contributed by atoms with Crippen LogP contribution in [0.15, 0.2) is 42.5 Å². The van der Waals surface area contributed by atoms with Crippen LogP contribution in [0, 0.1) is 0 Å². The predicted octanol–water partition coefficient (Wildman–Crippen LogP) is 4.11. The van der Waals surface area contributed by atoms with E-state index < -0.39 is 0 Å². The summed E-state index contributed by atoms with van der Waals surface area (Å²) in [5, 5.41) is 13.3. The average Bonchev–Trinajstić information content (AvgIpc) is 3.23. The van der Waals surface area contributed by atoms with Crippen molar-refractivity contribution >= 4 is 17.5 Å². The van der Waals surface area contributed by atoms with Gasteiger partial charge in [-0.15, -0.1) is 10.2 Å². The smallest absolute Gasteiger partial charge is 0.231 e. The Hall–Kier alpha value is -2.41. The first-order chi connectivity index (χ1) is 14.6. The third-order valence-electron chi connectivity index (χ3n) is 6.74. The fourth-order valence-corrected chi connectivity index (χ4v) is 5.48. The lowest BCUT2D eigenvalue weighted by molar-refractivity contribution is -0.0844.